The van der Waals surface area contributed by atoms with Gasteiger partial charge >= 0.3 is 51.4 Å². The number of carbonyl (C=O) groups excluding carboxylic acids is 1. The predicted octanol–water partition coefficient (Wildman–Crippen LogP) is 7.07. The van der Waals surface area contributed by atoms with Crippen LogP contribution in [0.5, 0.6) is 0 Å². The minimum atomic E-state index is -1.01. The van der Waals surface area contributed by atoms with E-state index in [1.165, 1.54) is 89.9 Å². The molecule has 1 unspecified atom stereocenters. The van der Waals surface area contributed by atoms with Gasteiger partial charge in [0.15, 0.2) is 0 Å². The zero-order valence-electron chi connectivity index (χ0n) is 29.6. The Hall–Kier alpha value is 0.806. The molecule has 0 aromatic rings. The normalized spacial score (nSPS) is 34.9. The molecule has 0 spiro atoms. The summed E-state index contributed by atoms with van der Waals surface area (Å²) in [6.45, 7) is 14.8. The zero-order valence-corrected chi connectivity index (χ0v) is 32.7. The van der Waals surface area contributed by atoms with Crippen molar-refractivity contribution in [2.24, 2.45) is 46.3 Å². The number of allylic oxidation sites excluding steroid dienone is 1. The van der Waals surface area contributed by atoms with E-state index in [4.69, 9.17) is 4.74 Å². The van der Waals surface area contributed by atoms with Crippen molar-refractivity contribution in [3.8, 4) is 0 Å². The molecular formula is C39H67KO3. The summed E-state index contributed by atoms with van der Waals surface area (Å²) in [5.41, 5.74) is 2.39. The minimum absolute atomic E-state index is 0. The van der Waals surface area contributed by atoms with Crippen molar-refractivity contribution in [1.29, 1.82) is 0 Å². The average molecular weight is 623 g/mol. The second-order valence-corrected chi connectivity index (χ2v) is 16.4. The van der Waals surface area contributed by atoms with Crippen LogP contribution in [0.25, 0.3) is 0 Å². The van der Waals surface area contributed by atoms with Gasteiger partial charge in [0.1, 0.15) is 0 Å². The Kier molecular flexibility index (Phi) is 15.8. The molecule has 4 heteroatoms. The molecule has 9 atom stereocenters. The van der Waals surface area contributed by atoms with E-state index in [2.05, 4.69) is 47.6 Å². The SMILES string of the molecule is CCCCCCCCCCC(O[C@H]1CC[C@@]2(C)C(=CC[C@H]3[C@@H]4CC[C@H]([C@H](C)CCCC(C)C)[C@@]4(C)CC[C@@H]32)C1)C(=O)[O-].[K+]. The summed E-state index contributed by atoms with van der Waals surface area (Å²) in [5.74, 6) is 4.08. The van der Waals surface area contributed by atoms with Gasteiger partial charge in [-0.3, -0.25) is 0 Å². The topological polar surface area (TPSA) is 49.4 Å². The van der Waals surface area contributed by atoms with E-state index in [0.717, 1.165) is 67.6 Å². The Bertz CT molecular complexity index is 884. The van der Waals surface area contributed by atoms with Crippen LogP contribution < -0.4 is 56.5 Å². The molecule has 3 nitrogen and oxygen atoms in total. The summed E-state index contributed by atoms with van der Waals surface area (Å²) in [4.78, 5) is 12.0. The molecule has 0 heterocycles. The summed E-state index contributed by atoms with van der Waals surface area (Å²) in [7, 11) is 0. The van der Waals surface area contributed by atoms with Crippen LogP contribution in [0.2, 0.25) is 0 Å². The first-order chi connectivity index (χ1) is 20.1. The summed E-state index contributed by atoms with van der Waals surface area (Å²) in [5, 5.41) is 12.0. The third-order valence-electron chi connectivity index (χ3n) is 13.2. The Morgan fingerprint density at radius 3 is 2.26 bits per heavy atom. The maximum Gasteiger partial charge on any atom is 1.00 e. The van der Waals surface area contributed by atoms with Crippen LogP contribution in [0.3, 0.4) is 0 Å². The van der Waals surface area contributed by atoms with E-state index in [0.29, 0.717) is 11.8 Å². The molecule has 0 N–H and O–H groups in total. The number of hydrogen-bond acceptors (Lipinski definition) is 3. The largest absolute Gasteiger partial charge is 1.00 e. The summed E-state index contributed by atoms with van der Waals surface area (Å²) in [6, 6.07) is 0. The van der Waals surface area contributed by atoms with Crippen molar-refractivity contribution in [3.05, 3.63) is 11.6 Å². The predicted molar refractivity (Wildman–Crippen MR) is 174 cm³/mol. The Morgan fingerprint density at radius 1 is 0.884 bits per heavy atom. The molecule has 0 saturated heterocycles. The van der Waals surface area contributed by atoms with Crippen LogP contribution in [0.4, 0.5) is 0 Å². The number of unbranched alkanes of at least 4 members (excludes halogenated alkanes) is 7. The van der Waals surface area contributed by atoms with Crippen molar-refractivity contribution in [2.75, 3.05) is 0 Å². The van der Waals surface area contributed by atoms with Gasteiger partial charge in [-0.05, 0) is 104 Å². The Balaban J connectivity index is 0.00000506. The number of carbonyl (C=O) groups is 1. The number of carboxylic acids is 1. The van der Waals surface area contributed by atoms with Crippen LogP contribution in [0.15, 0.2) is 11.6 Å². The van der Waals surface area contributed by atoms with Gasteiger partial charge in [0.05, 0.1) is 18.2 Å². The molecule has 3 fully saturated rings. The molecule has 0 aromatic heterocycles. The number of carboxylic acid groups (broad SMARTS) is 1. The molecule has 0 aromatic carbocycles. The molecule has 4 aliphatic rings. The van der Waals surface area contributed by atoms with Gasteiger partial charge in [0, 0.05) is 0 Å². The van der Waals surface area contributed by atoms with Crippen LogP contribution in [-0.4, -0.2) is 18.2 Å². The van der Waals surface area contributed by atoms with E-state index >= 15 is 0 Å². The van der Waals surface area contributed by atoms with Gasteiger partial charge in [-0.1, -0.05) is 124 Å². The fourth-order valence-electron chi connectivity index (χ4n) is 10.7. The maximum absolute atomic E-state index is 12.0. The zero-order chi connectivity index (χ0) is 30.3. The monoisotopic (exact) mass is 622 g/mol. The first-order valence-electron chi connectivity index (χ1n) is 18.7. The first kappa shape index (κ1) is 38.3. The third-order valence-corrected chi connectivity index (χ3v) is 13.2. The van der Waals surface area contributed by atoms with Gasteiger partial charge < -0.3 is 14.6 Å². The maximum atomic E-state index is 12.0. The molecule has 4 rings (SSSR count). The molecule has 0 amide bonds. The fraction of sp³-hybridized carbons (Fsp3) is 0.923. The van der Waals surface area contributed by atoms with Gasteiger partial charge in [0.25, 0.3) is 0 Å². The standard InChI is InChI=1S/C39H68O3.K/c1-7-8-9-10-11-12-13-14-18-36(37(40)41)42-31-23-25-38(5)30(27-31)19-20-32-34-22-21-33(29(4)17-15-16-28(2)3)39(34,6)26-24-35(32)38;/h19,28-29,31-36H,7-18,20-27H2,1-6H3,(H,40,41);/q;+1/p-1/t29-,31+,32+,33-,34+,35+,36?,38+,39-;/m1./s1. The quantitative estimate of drug-likeness (QED) is 0.0991. The van der Waals surface area contributed by atoms with Crippen LogP contribution in [0, 0.1) is 46.3 Å². The number of rotatable bonds is 17. The van der Waals surface area contributed by atoms with Crippen molar-refractivity contribution in [2.45, 2.75) is 182 Å². The van der Waals surface area contributed by atoms with Crippen LogP contribution >= 0.6 is 0 Å². The van der Waals surface area contributed by atoms with E-state index in [-0.39, 0.29) is 62.9 Å². The average Bonchev–Trinajstić information content (AvgIpc) is 3.31. The molecule has 0 radical (unpaired) electrons. The van der Waals surface area contributed by atoms with Gasteiger partial charge in [0.2, 0.25) is 0 Å². The number of aliphatic carboxylic acids is 1. The Morgan fingerprint density at radius 2 is 1.58 bits per heavy atom. The molecule has 3 saturated carbocycles. The first-order valence-corrected chi connectivity index (χ1v) is 18.7. The second kappa shape index (κ2) is 17.8. The summed E-state index contributed by atoms with van der Waals surface area (Å²) >= 11 is 0. The Labute approximate surface area is 309 Å². The van der Waals surface area contributed by atoms with Crippen molar-refractivity contribution >= 4 is 5.97 Å². The fourth-order valence-corrected chi connectivity index (χ4v) is 10.7. The molecule has 0 aliphatic heterocycles. The van der Waals surface area contributed by atoms with Gasteiger partial charge in [-0.15, -0.1) is 0 Å². The summed E-state index contributed by atoms with van der Waals surface area (Å²) in [6.07, 6.45) is 26.4. The van der Waals surface area contributed by atoms with Crippen molar-refractivity contribution < 1.29 is 66.0 Å². The number of fused-ring (bicyclic) bond motifs is 5. The van der Waals surface area contributed by atoms with Crippen LogP contribution in [-0.2, 0) is 9.53 Å². The third kappa shape index (κ3) is 9.46. The molecule has 43 heavy (non-hydrogen) atoms. The second-order valence-electron chi connectivity index (χ2n) is 16.4. The van der Waals surface area contributed by atoms with E-state index < -0.39 is 12.1 Å². The van der Waals surface area contributed by atoms with Crippen LogP contribution in [0.1, 0.15) is 170 Å². The van der Waals surface area contributed by atoms with Gasteiger partial charge in [-0.2, -0.15) is 0 Å². The van der Waals surface area contributed by atoms with E-state index in [1.54, 1.807) is 5.57 Å². The minimum Gasteiger partial charge on any atom is -0.547 e. The van der Waals surface area contributed by atoms with Crippen molar-refractivity contribution in [3.63, 3.8) is 0 Å². The smallest absolute Gasteiger partial charge is 0.547 e. The number of ether oxygens (including phenoxy) is 1. The molecule has 242 valence electrons. The van der Waals surface area contributed by atoms with E-state index in [9.17, 15) is 9.90 Å². The van der Waals surface area contributed by atoms with Crippen molar-refractivity contribution in [1.82, 2.24) is 0 Å². The van der Waals surface area contributed by atoms with E-state index in [1.807, 2.05) is 0 Å². The van der Waals surface area contributed by atoms with Gasteiger partial charge in [-0.25, -0.2) is 0 Å². The molecule has 4 aliphatic carbocycles. The number of hydrogen-bond donors (Lipinski definition) is 0. The molecule has 0 bridgehead atoms. The summed E-state index contributed by atoms with van der Waals surface area (Å²) < 4.78 is 6.31. The molecular weight excluding hydrogens is 556 g/mol.